The lowest BCUT2D eigenvalue weighted by Crippen LogP contribution is -2.29. The maximum absolute atomic E-state index is 15.0. The minimum atomic E-state index is -0.800. The Morgan fingerprint density at radius 2 is 1.94 bits per heavy atom. The zero-order valence-electron chi connectivity index (χ0n) is 17.4. The lowest BCUT2D eigenvalue weighted by atomic mass is 10.0. The first-order chi connectivity index (χ1) is 15.9. The number of amides is 1. The largest absolute Gasteiger partial charge is 0.442 e. The fraction of sp³-hybridized carbons (Fsp3) is 0.364. The molecule has 6 rings (SSSR count). The van der Waals surface area contributed by atoms with Crippen LogP contribution < -0.4 is 10.6 Å². The van der Waals surface area contributed by atoms with Gasteiger partial charge in [0.05, 0.1) is 55.0 Å². The van der Waals surface area contributed by atoms with Crippen LogP contribution in [0.1, 0.15) is 5.69 Å². The monoisotopic (exact) mass is 454 g/mol. The SMILES string of the molecule is NC1(c2ccc(-c3c(F)cc(N4C[C@H](Cn5ccnn5)OC4=O)cc3F)cn2)C2COCC21. The maximum atomic E-state index is 15.0. The van der Waals surface area contributed by atoms with E-state index >= 15 is 8.78 Å². The van der Waals surface area contributed by atoms with Gasteiger partial charge in [0.25, 0.3) is 0 Å². The molecule has 1 aromatic carbocycles. The molecule has 2 saturated heterocycles. The van der Waals surface area contributed by atoms with Crippen molar-refractivity contribution < 1.29 is 23.0 Å². The average molecular weight is 454 g/mol. The molecule has 33 heavy (non-hydrogen) atoms. The van der Waals surface area contributed by atoms with Gasteiger partial charge in [-0.25, -0.2) is 18.3 Å². The maximum Gasteiger partial charge on any atom is 0.414 e. The van der Waals surface area contributed by atoms with Gasteiger partial charge in [0.1, 0.15) is 17.7 Å². The van der Waals surface area contributed by atoms with Gasteiger partial charge in [-0.2, -0.15) is 0 Å². The molecular weight excluding hydrogens is 434 g/mol. The number of hydrogen-bond donors (Lipinski definition) is 1. The fourth-order valence-electron chi connectivity index (χ4n) is 4.93. The summed E-state index contributed by atoms with van der Waals surface area (Å²) in [7, 11) is 0. The quantitative estimate of drug-likeness (QED) is 0.629. The summed E-state index contributed by atoms with van der Waals surface area (Å²) in [4.78, 5) is 17.9. The highest BCUT2D eigenvalue weighted by molar-refractivity contribution is 5.90. The van der Waals surface area contributed by atoms with E-state index in [9.17, 15) is 4.79 Å². The molecule has 2 N–H and O–H groups in total. The highest BCUT2D eigenvalue weighted by atomic mass is 19.1. The van der Waals surface area contributed by atoms with Gasteiger partial charge in [-0.15, -0.1) is 5.10 Å². The molecule has 3 aliphatic rings. The molecule has 0 radical (unpaired) electrons. The molecule has 0 bridgehead atoms. The van der Waals surface area contributed by atoms with Crippen molar-refractivity contribution in [1.82, 2.24) is 20.0 Å². The molecular formula is C22H20F2N6O3. The molecule has 1 saturated carbocycles. The van der Waals surface area contributed by atoms with Crippen LogP contribution in [0, 0.1) is 23.5 Å². The van der Waals surface area contributed by atoms with Crippen molar-refractivity contribution in [1.29, 1.82) is 0 Å². The molecule has 2 unspecified atom stereocenters. The van der Waals surface area contributed by atoms with Crippen molar-refractivity contribution in [3.63, 3.8) is 0 Å². The second-order valence-corrected chi connectivity index (χ2v) is 8.64. The van der Waals surface area contributed by atoms with E-state index in [0.717, 1.165) is 12.1 Å². The van der Waals surface area contributed by atoms with Crippen molar-refractivity contribution in [3.05, 3.63) is 60.2 Å². The highest BCUT2D eigenvalue weighted by Gasteiger charge is 2.66. The van der Waals surface area contributed by atoms with E-state index in [1.807, 2.05) is 0 Å². The van der Waals surface area contributed by atoms with Gasteiger partial charge in [0.15, 0.2) is 0 Å². The molecule has 1 amide bonds. The van der Waals surface area contributed by atoms with Crippen LogP contribution in [0.4, 0.5) is 19.3 Å². The number of cyclic esters (lactones) is 1. The average Bonchev–Trinajstić information content (AvgIpc) is 3.35. The van der Waals surface area contributed by atoms with E-state index in [4.69, 9.17) is 15.2 Å². The molecule has 2 aliphatic heterocycles. The van der Waals surface area contributed by atoms with Crippen LogP contribution in [0.2, 0.25) is 0 Å². The van der Waals surface area contributed by atoms with Gasteiger partial charge in [0.2, 0.25) is 0 Å². The first-order valence-corrected chi connectivity index (χ1v) is 10.6. The standard InChI is InChI=1S/C22H20F2N6O3/c23-17-5-13(30-9-14(33-21(30)31)8-29-4-3-27-28-29)6-18(24)20(17)12-1-2-19(26-7-12)22(25)15-10-32-11-16(15)22/h1-7,14-16H,8-11,25H2/t14-,15?,16?,22?/m0/s1. The van der Waals surface area contributed by atoms with Crippen LogP contribution in [-0.2, 0) is 21.6 Å². The van der Waals surface area contributed by atoms with Crippen molar-refractivity contribution in [2.45, 2.75) is 18.2 Å². The Balaban J connectivity index is 1.22. The van der Waals surface area contributed by atoms with Gasteiger partial charge >= 0.3 is 6.09 Å². The summed E-state index contributed by atoms with van der Waals surface area (Å²) in [5, 5.41) is 7.54. The Hall–Kier alpha value is -3.44. The molecule has 9 nitrogen and oxygen atoms in total. The fourth-order valence-corrected chi connectivity index (χ4v) is 4.93. The van der Waals surface area contributed by atoms with Gasteiger partial charge in [-0.1, -0.05) is 11.3 Å². The number of aromatic nitrogens is 4. The van der Waals surface area contributed by atoms with E-state index < -0.39 is 29.4 Å². The van der Waals surface area contributed by atoms with E-state index in [0.29, 0.717) is 31.0 Å². The summed E-state index contributed by atoms with van der Waals surface area (Å²) in [6, 6.07) is 5.58. The zero-order chi connectivity index (χ0) is 22.7. The third-order valence-electron chi connectivity index (χ3n) is 6.77. The Morgan fingerprint density at radius 3 is 2.58 bits per heavy atom. The van der Waals surface area contributed by atoms with Crippen molar-refractivity contribution in [3.8, 4) is 11.1 Å². The number of anilines is 1. The Morgan fingerprint density at radius 1 is 1.18 bits per heavy atom. The van der Waals surface area contributed by atoms with Gasteiger partial charge in [-0.05, 0) is 18.2 Å². The summed E-state index contributed by atoms with van der Waals surface area (Å²) in [5.41, 5.74) is 6.79. The zero-order valence-corrected chi connectivity index (χ0v) is 17.4. The predicted molar refractivity (Wildman–Crippen MR) is 111 cm³/mol. The van der Waals surface area contributed by atoms with E-state index in [1.165, 1.54) is 22.0 Å². The van der Waals surface area contributed by atoms with Crippen molar-refractivity contribution in [2.24, 2.45) is 17.6 Å². The van der Waals surface area contributed by atoms with Gasteiger partial charge in [-0.3, -0.25) is 9.88 Å². The first kappa shape index (κ1) is 20.2. The number of hydrogen-bond acceptors (Lipinski definition) is 7. The lowest BCUT2D eigenvalue weighted by molar-refractivity contribution is 0.129. The topological polar surface area (TPSA) is 108 Å². The lowest BCUT2D eigenvalue weighted by Gasteiger charge is -2.17. The third kappa shape index (κ3) is 3.18. The molecule has 2 aromatic heterocycles. The highest BCUT2D eigenvalue weighted by Crippen LogP contribution is 2.58. The Kier molecular flexibility index (Phi) is 4.46. The number of nitrogens with two attached hydrogens (primary N) is 1. The molecule has 3 fully saturated rings. The number of ether oxygens (including phenoxy) is 2. The molecule has 170 valence electrons. The number of halogens is 2. The van der Waals surface area contributed by atoms with Crippen molar-refractivity contribution >= 4 is 11.8 Å². The predicted octanol–water partition coefficient (Wildman–Crippen LogP) is 2.07. The Labute approximate surface area is 187 Å². The van der Waals surface area contributed by atoms with E-state index in [1.54, 1.807) is 18.3 Å². The molecule has 11 heteroatoms. The number of pyridine rings is 1. The summed E-state index contributed by atoms with van der Waals surface area (Å²) >= 11 is 0. The van der Waals surface area contributed by atoms with Gasteiger partial charge in [0, 0.05) is 29.8 Å². The number of nitrogens with zero attached hydrogens (tertiary/aromatic N) is 5. The van der Waals surface area contributed by atoms with E-state index in [-0.39, 0.29) is 29.6 Å². The summed E-state index contributed by atoms with van der Waals surface area (Å²) in [6.45, 7) is 1.64. The van der Waals surface area contributed by atoms with Crippen LogP contribution in [0.3, 0.4) is 0 Å². The first-order valence-electron chi connectivity index (χ1n) is 10.6. The summed E-state index contributed by atoms with van der Waals surface area (Å²) in [6.07, 6.45) is 3.39. The van der Waals surface area contributed by atoms with Crippen LogP contribution >= 0.6 is 0 Å². The second kappa shape index (κ2) is 7.29. The number of fused-ring (bicyclic) bond motifs is 1. The summed E-state index contributed by atoms with van der Waals surface area (Å²) in [5.74, 6) is -1.13. The number of carbonyl (C=O) groups excluding carboxylic acids is 1. The molecule has 3 aromatic rings. The molecule has 1 aliphatic carbocycles. The number of rotatable bonds is 5. The van der Waals surface area contributed by atoms with E-state index in [2.05, 4.69) is 15.3 Å². The smallest absolute Gasteiger partial charge is 0.414 e. The van der Waals surface area contributed by atoms with Gasteiger partial charge < -0.3 is 15.2 Å². The number of benzene rings is 1. The van der Waals surface area contributed by atoms with Crippen LogP contribution in [0.25, 0.3) is 11.1 Å². The number of carbonyl (C=O) groups is 1. The molecule has 3 atom stereocenters. The van der Waals surface area contributed by atoms with Crippen LogP contribution in [0.5, 0.6) is 0 Å². The Bertz CT molecular complexity index is 1190. The minimum absolute atomic E-state index is 0.0798. The van der Waals surface area contributed by atoms with Crippen molar-refractivity contribution in [2.75, 3.05) is 24.7 Å². The second-order valence-electron chi connectivity index (χ2n) is 8.64. The molecule has 0 spiro atoms. The summed E-state index contributed by atoms with van der Waals surface area (Å²) < 4.78 is 42.2. The minimum Gasteiger partial charge on any atom is -0.442 e. The van der Waals surface area contributed by atoms with Crippen LogP contribution in [0.15, 0.2) is 42.9 Å². The van der Waals surface area contributed by atoms with Crippen LogP contribution in [-0.4, -0.2) is 51.9 Å². The third-order valence-corrected chi connectivity index (χ3v) is 6.77. The molecule has 4 heterocycles. The normalized spacial score (nSPS) is 28.2.